The molecular formula is C24H14Cl2F5N3O3. The number of benzene rings is 3. The maximum absolute atomic E-state index is 14.0. The monoisotopic (exact) mass is 557 g/mol. The first-order valence-electron chi connectivity index (χ1n) is 10.6. The molecule has 3 aromatic rings. The number of aliphatic hydroxyl groups is 1. The van der Waals surface area contributed by atoms with E-state index in [9.17, 15) is 36.6 Å². The molecule has 192 valence electrons. The van der Waals surface area contributed by atoms with Crippen LogP contribution in [0.2, 0.25) is 10.0 Å². The van der Waals surface area contributed by atoms with Gasteiger partial charge in [0.05, 0.1) is 24.0 Å². The standard InChI is InChI=1S/C24H14Cl2F5N3O3/c25-10-5-14-19(20(33-21(14)35)13-7-11(27)1-3-16(13)26)17(6-10)32-22(36)34-9-23(37,24(29,30)31)15-8-12(28)2-4-18(15)34/h1-8,20,37H,9H2,(H,32,36)(H,33,35)/t20-,23+/m1/s1. The van der Waals surface area contributed by atoms with Gasteiger partial charge in [-0.25, -0.2) is 13.6 Å². The lowest BCUT2D eigenvalue weighted by molar-refractivity contribution is -0.258. The molecule has 0 radical (unpaired) electrons. The van der Waals surface area contributed by atoms with Crippen molar-refractivity contribution in [3.8, 4) is 0 Å². The third-order valence-corrected chi connectivity index (χ3v) is 6.82. The van der Waals surface area contributed by atoms with E-state index < -0.39 is 53.5 Å². The number of hydrogen-bond acceptors (Lipinski definition) is 3. The van der Waals surface area contributed by atoms with Crippen molar-refractivity contribution in [3.05, 3.63) is 92.5 Å². The summed E-state index contributed by atoms with van der Waals surface area (Å²) in [5.41, 5.74) is -4.43. The third-order valence-electron chi connectivity index (χ3n) is 6.26. The molecule has 0 aliphatic carbocycles. The number of rotatable bonds is 2. The van der Waals surface area contributed by atoms with Crippen molar-refractivity contribution in [1.29, 1.82) is 0 Å². The van der Waals surface area contributed by atoms with Crippen molar-refractivity contribution in [2.45, 2.75) is 17.8 Å². The van der Waals surface area contributed by atoms with Crippen LogP contribution in [0.5, 0.6) is 0 Å². The molecule has 2 atom stereocenters. The molecule has 3 aromatic carbocycles. The van der Waals surface area contributed by atoms with Crippen molar-refractivity contribution >= 4 is 46.5 Å². The van der Waals surface area contributed by atoms with Crippen LogP contribution in [0.15, 0.2) is 48.5 Å². The lowest BCUT2D eigenvalue weighted by atomic mass is 9.95. The minimum Gasteiger partial charge on any atom is -0.375 e. The van der Waals surface area contributed by atoms with Gasteiger partial charge in [-0.05, 0) is 48.5 Å². The van der Waals surface area contributed by atoms with E-state index >= 15 is 0 Å². The molecule has 0 saturated heterocycles. The SMILES string of the molecule is O=C1N[C@H](c2cc(F)ccc2Cl)c2c(NC(=O)N3C[C@@](O)(C(F)(F)F)c4cc(F)ccc43)cc(Cl)cc21. The molecule has 0 spiro atoms. The second kappa shape index (κ2) is 8.57. The fourth-order valence-corrected chi connectivity index (χ4v) is 5.00. The topological polar surface area (TPSA) is 81.7 Å². The van der Waals surface area contributed by atoms with Gasteiger partial charge in [-0.1, -0.05) is 23.2 Å². The molecule has 0 aromatic heterocycles. The highest BCUT2D eigenvalue weighted by atomic mass is 35.5. The van der Waals surface area contributed by atoms with Gasteiger partial charge in [0, 0.05) is 32.3 Å². The predicted molar refractivity (Wildman–Crippen MR) is 125 cm³/mol. The zero-order valence-corrected chi connectivity index (χ0v) is 19.8. The number of halogens is 7. The number of carbonyl (C=O) groups is 2. The van der Waals surface area contributed by atoms with E-state index in [1.165, 1.54) is 18.2 Å². The lowest BCUT2D eigenvalue weighted by Gasteiger charge is -2.27. The van der Waals surface area contributed by atoms with Gasteiger partial charge in [0.15, 0.2) is 0 Å². The molecular weight excluding hydrogens is 544 g/mol. The van der Waals surface area contributed by atoms with E-state index in [-0.39, 0.29) is 38.1 Å². The molecule has 2 aliphatic rings. The normalized spacial score (nSPS) is 20.5. The van der Waals surface area contributed by atoms with Gasteiger partial charge in [0.2, 0.25) is 5.60 Å². The van der Waals surface area contributed by atoms with Crippen molar-refractivity contribution in [2.75, 3.05) is 16.8 Å². The Bertz CT molecular complexity index is 1480. The van der Waals surface area contributed by atoms with Crippen LogP contribution in [-0.4, -0.2) is 29.8 Å². The number of hydrogen-bond donors (Lipinski definition) is 3. The first-order valence-corrected chi connectivity index (χ1v) is 11.3. The van der Waals surface area contributed by atoms with Crippen molar-refractivity contribution in [3.63, 3.8) is 0 Å². The summed E-state index contributed by atoms with van der Waals surface area (Å²) in [6, 6.07) is 6.22. The molecule has 37 heavy (non-hydrogen) atoms. The van der Waals surface area contributed by atoms with Gasteiger partial charge in [-0.15, -0.1) is 0 Å². The van der Waals surface area contributed by atoms with E-state index in [2.05, 4.69) is 10.6 Å². The first kappa shape index (κ1) is 25.2. The molecule has 0 saturated carbocycles. The smallest absolute Gasteiger partial charge is 0.375 e. The minimum atomic E-state index is -5.22. The number of fused-ring (bicyclic) bond motifs is 2. The average molecular weight is 558 g/mol. The van der Waals surface area contributed by atoms with Crippen LogP contribution >= 0.6 is 23.2 Å². The maximum Gasteiger partial charge on any atom is 0.423 e. The Kier molecular flexibility index (Phi) is 5.85. The largest absolute Gasteiger partial charge is 0.423 e. The Balaban J connectivity index is 1.57. The summed E-state index contributed by atoms with van der Waals surface area (Å²) >= 11 is 12.4. The van der Waals surface area contributed by atoms with Crippen LogP contribution in [0, 0.1) is 11.6 Å². The Labute approximate surface area is 215 Å². The summed E-state index contributed by atoms with van der Waals surface area (Å²) < 4.78 is 69.1. The van der Waals surface area contributed by atoms with Gasteiger partial charge >= 0.3 is 12.2 Å². The number of amides is 3. The van der Waals surface area contributed by atoms with E-state index in [1.807, 2.05) is 0 Å². The molecule has 2 heterocycles. The molecule has 6 nitrogen and oxygen atoms in total. The van der Waals surface area contributed by atoms with Crippen molar-refractivity contribution in [1.82, 2.24) is 5.32 Å². The highest BCUT2D eigenvalue weighted by Gasteiger charge is 2.61. The summed E-state index contributed by atoms with van der Waals surface area (Å²) in [5.74, 6) is -2.28. The van der Waals surface area contributed by atoms with E-state index in [0.717, 1.165) is 24.3 Å². The second-order valence-corrected chi connectivity index (χ2v) is 9.37. The summed E-state index contributed by atoms with van der Waals surface area (Å²) in [6.07, 6.45) is -5.22. The van der Waals surface area contributed by atoms with Gasteiger partial charge in [0.25, 0.3) is 5.91 Å². The van der Waals surface area contributed by atoms with Crippen LogP contribution in [0.25, 0.3) is 0 Å². The lowest BCUT2D eigenvalue weighted by Crippen LogP contribution is -2.48. The Morgan fingerprint density at radius 1 is 1.08 bits per heavy atom. The molecule has 0 unspecified atom stereocenters. The highest BCUT2D eigenvalue weighted by Crippen LogP contribution is 2.49. The van der Waals surface area contributed by atoms with Gasteiger partial charge in [0.1, 0.15) is 11.6 Å². The zero-order chi connectivity index (χ0) is 26.9. The maximum atomic E-state index is 14.0. The Hall–Kier alpha value is -3.41. The van der Waals surface area contributed by atoms with E-state index in [4.69, 9.17) is 23.2 Å². The van der Waals surface area contributed by atoms with Gasteiger partial charge in [-0.2, -0.15) is 13.2 Å². The number of carbonyl (C=O) groups excluding carboxylic acids is 2. The summed E-state index contributed by atoms with van der Waals surface area (Å²) in [4.78, 5) is 26.5. The van der Waals surface area contributed by atoms with Crippen LogP contribution in [0.1, 0.15) is 33.1 Å². The number of β-amino-alcohol motifs (C(OH)–C–C–N with tert-alkyl or cyclic N) is 1. The van der Waals surface area contributed by atoms with E-state index in [1.54, 1.807) is 0 Å². The van der Waals surface area contributed by atoms with Crippen molar-refractivity contribution < 1.29 is 36.6 Å². The second-order valence-electron chi connectivity index (χ2n) is 8.52. The molecule has 3 amide bonds. The van der Waals surface area contributed by atoms with Crippen LogP contribution in [0.3, 0.4) is 0 Å². The quantitative estimate of drug-likeness (QED) is 0.343. The van der Waals surface area contributed by atoms with E-state index in [0.29, 0.717) is 11.0 Å². The van der Waals surface area contributed by atoms with Gasteiger partial charge in [-0.3, -0.25) is 9.69 Å². The Morgan fingerprint density at radius 3 is 2.46 bits per heavy atom. The first-order chi connectivity index (χ1) is 17.3. The summed E-state index contributed by atoms with van der Waals surface area (Å²) in [6.45, 7) is -1.25. The Morgan fingerprint density at radius 2 is 1.76 bits per heavy atom. The summed E-state index contributed by atoms with van der Waals surface area (Å²) in [5, 5.41) is 15.6. The minimum absolute atomic E-state index is 0.0193. The number of nitrogens with one attached hydrogen (secondary N) is 2. The molecule has 2 aliphatic heterocycles. The average Bonchev–Trinajstić information content (AvgIpc) is 3.30. The highest BCUT2D eigenvalue weighted by molar-refractivity contribution is 6.32. The van der Waals surface area contributed by atoms with Crippen LogP contribution in [0.4, 0.5) is 38.1 Å². The van der Waals surface area contributed by atoms with Crippen LogP contribution in [-0.2, 0) is 5.60 Å². The van der Waals surface area contributed by atoms with Crippen LogP contribution < -0.4 is 15.5 Å². The number of alkyl halides is 3. The number of urea groups is 1. The molecule has 0 bridgehead atoms. The predicted octanol–water partition coefficient (Wildman–Crippen LogP) is 5.91. The number of nitrogens with zero attached hydrogens (tertiary/aromatic N) is 1. The fraction of sp³-hybridized carbons (Fsp3) is 0.167. The fourth-order valence-electron chi connectivity index (χ4n) is 4.55. The third kappa shape index (κ3) is 4.07. The number of anilines is 2. The molecule has 13 heteroatoms. The molecule has 5 rings (SSSR count). The summed E-state index contributed by atoms with van der Waals surface area (Å²) in [7, 11) is 0. The molecule has 3 N–H and O–H groups in total. The molecule has 0 fully saturated rings. The van der Waals surface area contributed by atoms with Crippen molar-refractivity contribution in [2.24, 2.45) is 0 Å². The van der Waals surface area contributed by atoms with Gasteiger partial charge < -0.3 is 15.7 Å². The zero-order valence-electron chi connectivity index (χ0n) is 18.3.